The number of rotatable bonds is 9. The van der Waals surface area contributed by atoms with Crippen LogP contribution in [0, 0.1) is 6.92 Å². The molecule has 0 spiro atoms. The maximum absolute atomic E-state index is 11.8. The van der Waals surface area contributed by atoms with Crippen molar-refractivity contribution >= 4 is 14.6 Å². The summed E-state index contributed by atoms with van der Waals surface area (Å²) in [6, 6.07) is 0. The van der Waals surface area contributed by atoms with Crippen LogP contribution in [0.25, 0.3) is 0 Å². The Balaban J connectivity index is 2.69. The van der Waals surface area contributed by atoms with Gasteiger partial charge in [0.25, 0.3) is 0 Å². The third-order valence-corrected chi connectivity index (χ3v) is 3.47. The SMILES string of the molecule is CCOC(=O)c1c(COP(OCC)OCC)noc1C. The molecule has 0 aliphatic rings. The van der Waals surface area contributed by atoms with Crippen molar-refractivity contribution in [3.63, 3.8) is 0 Å². The summed E-state index contributed by atoms with van der Waals surface area (Å²) in [4.78, 5) is 11.8. The van der Waals surface area contributed by atoms with Gasteiger partial charge in [-0.05, 0) is 27.7 Å². The number of carbonyl (C=O) groups excluding carboxylic acids is 1. The molecule has 0 amide bonds. The number of esters is 1. The zero-order valence-corrected chi connectivity index (χ0v) is 13.1. The molecule has 20 heavy (non-hydrogen) atoms. The average Bonchev–Trinajstić information content (AvgIpc) is 2.78. The van der Waals surface area contributed by atoms with Gasteiger partial charge in [0, 0.05) is 0 Å². The lowest BCUT2D eigenvalue weighted by molar-refractivity contribution is 0.0520. The Hall–Kier alpha value is -1.01. The van der Waals surface area contributed by atoms with Crippen LogP contribution in [-0.4, -0.2) is 30.9 Å². The molecular formula is C12H20NO6P. The molecule has 0 aliphatic carbocycles. The fourth-order valence-electron chi connectivity index (χ4n) is 1.42. The molecular weight excluding hydrogens is 285 g/mol. The van der Waals surface area contributed by atoms with E-state index in [1.54, 1.807) is 13.8 Å². The molecule has 1 aromatic heterocycles. The summed E-state index contributed by atoms with van der Waals surface area (Å²) in [6.45, 7) is 8.40. The molecule has 0 radical (unpaired) electrons. The van der Waals surface area contributed by atoms with Crippen LogP contribution in [0.1, 0.15) is 42.6 Å². The summed E-state index contributed by atoms with van der Waals surface area (Å²) in [5.74, 6) is -0.0683. The first-order chi connectivity index (χ1) is 9.63. The largest absolute Gasteiger partial charge is 0.462 e. The van der Waals surface area contributed by atoms with Gasteiger partial charge >= 0.3 is 14.6 Å². The van der Waals surface area contributed by atoms with Crippen LogP contribution in [0.5, 0.6) is 0 Å². The molecule has 0 bridgehead atoms. The molecule has 0 saturated heterocycles. The quantitative estimate of drug-likeness (QED) is 0.512. The highest BCUT2D eigenvalue weighted by atomic mass is 31.2. The fourth-order valence-corrected chi connectivity index (χ4v) is 2.29. The molecule has 1 aromatic rings. The first-order valence-electron chi connectivity index (χ1n) is 6.45. The smallest absolute Gasteiger partial charge is 0.343 e. The van der Waals surface area contributed by atoms with Crippen molar-refractivity contribution in [2.24, 2.45) is 0 Å². The second-order valence-corrected chi connectivity index (χ2v) is 4.84. The van der Waals surface area contributed by atoms with E-state index in [4.69, 9.17) is 22.8 Å². The summed E-state index contributed by atoms with van der Waals surface area (Å²) in [6.07, 6.45) is 0. The van der Waals surface area contributed by atoms with Gasteiger partial charge in [0.1, 0.15) is 23.6 Å². The number of nitrogens with zero attached hydrogens (tertiary/aromatic N) is 1. The molecule has 0 aromatic carbocycles. The maximum Gasteiger partial charge on any atom is 0.343 e. The molecule has 1 rings (SSSR count). The van der Waals surface area contributed by atoms with Gasteiger partial charge in [0.2, 0.25) is 0 Å². The van der Waals surface area contributed by atoms with Crippen LogP contribution in [0.15, 0.2) is 4.52 Å². The average molecular weight is 305 g/mol. The molecule has 0 unspecified atom stereocenters. The first kappa shape index (κ1) is 17.0. The number of hydrogen-bond donors (Lipinski definition) is 0. The molecule has 0 atom stereocenters. The van der Waals surface area contributed by atoms with Gasteiger partial charge < -0.3 is 22.8 Å². The minimum atomic E-state index is -1.45. The van der Waals surface area contributed by atoms with Crippen molar-refractivity contribution in [1.82, 2.24) is 5.16 Å². The lowest BCUT2D eigenvalue weighted by Gasteiger charge is -2.14. The standard InChI is InChI=1S/C12H20NO6P/c1-5-15-12(14)11-9(4)19-13-10(11)8-18-20(16-6-2)17-7-3/h5-8H2,1-4H3. The predicted molar refractivity (Wildman–Crippen MR) is 72.2 cm³/mol. The highest BCUT2D eigenvalue weighted by Gasteiger charge is 2.23. The monoisotopic (exact) mass is 305 g/mol. The Morgan fingerprint density at radius 1 is 1.15 bits per heavy atom. The Bertz CT molecular complexity index is 416. The summed E-state index contributed by atoms with van der Waals surface area (Å²) < 4.78 is 26.1. The van der Waals surface area contributed by atoms with E-state index < -0.39 is 14.6 Å². The third-order valence-electron chi connectivity index (χ3n) is 2.19. The minimum absolute atomic E-state index is 0.0667. The van der Waals surface area contributed by atoms with E-state index >= 15 is 0 Å². The van der Waals surface area contributed by atoms with Gasteiger partial charge in [-0.25, -0.2) is 4.79 Å². The van der Waals surface area contributed by atoms with Crippen LogP contribution >= 0.6 is 8.60 Å². The number of aryl methyl sites for hydroxylation is 1. The zero-order chi connectivity index (χ0) is 15.0. The van der Waals surface area contributed by atoms with Gasteiger partial charge in [0.05, 0.1) is 19.8 Å². The van der Waals surface area contributed by atoms with E-state index in [-0.39, 0.29) is 13.2 Å². The van der Waals surface area contributed by atoms with Gasteiger partial charge in [-0.1, -0.05) is 5.16 Å². The van der Waals surface area contributed by atoms with Gasteiger partial charge in [0.15, 0.2) is 0 Å². The lowest BCUT2D eigenvalue weighted by atomic mass is 10.2. The topological polar surface area (TPSA) is 80.0 Å². The second kappa shape index (κ2) is 9.02. The number of ether oxygens (including phenoxy) is 1. The van der Waals surface area contributed by atoms with Crippen molar-refractivity contribution in [3.8, 4) is 0 Å². The normalized spacial score (nSPS) is 11.1. The number of hydrogen-bond acceptors (Lipinski definition) is 7. The van der Waals surface area contributed by atoms with Crippen molar-refractivity contribution in [2.75, 3.05) is 19.8 Å². The predicted octanol–water partition coefficient (Wildman–Crippen LogP) is 2.98. The lowest BCUT2D eigenvalue weighted by Crippen LogP contribution is -2.09. The Morgan fingerprint density at radius 3 is 2.35 bits per heavy atom. The zero-order valence-electron chi connectivity index (χ0n) is 12.2. The molecule has 1 heterocycles. The van der Waals surface area contributed by atoms with Gasteiger partial charge in [-0.3, -0.25) is 0 Å². The van der Waals surface area contributed by atoms with E-state index in [0.29, 0.717) is 30.2 Å². The van der Waals surface area contributed by atoms with Crippen LogP contribution < -0.4 is 0 Å². The number of carbonyl (C=O) groups is 1. The van der Waals surface area contributed by atoms with Crippen LogP contribution in [-0.2, 0) is 24.9 Å². The van der Waals surface area contributed by atoms with Crippen molar-refractivity contribution in [1.29, 1.82) is 0 Å². The Labute approximate surface area is 119 Å². The van der Waals surface area contributed by atoms with Gasteiger partial charge in [-0.15, -0.1) is 0 Å². The molecule has 7 nitrogen and oxygen atoms in total. The van der Waals surface area contributed by atoms with Crippen molar-refractivity contribution in [2.45, 2.75) is 34.3 Å². The Kier molecular flexibility index (Phi) is 7.69. The third kappa shape index (κ3) is 4.83. The first-order valence-corrected chi connectivity index (χ1v) is 7.54. The van der Waals surface area contributed by atoms with Gasteiger partial charge in [-0.2, -0.15) is 0 Å². The van der Waals surface area contributed by atoms with E-state index in [2.05, 4.69) is 5.16 Å². The van der Waals surface area contributed by atoms with Crippen molar-refractivity contribution < 1.29 is 27.6 Å². The van der Waals surface area contributed by atoms with E-state index in [9.17, 15) is 4.79 Å². The fraction of sp³-hybridized carbons (Fsp3) is 0.667. The molecule has 0 saturated carbocycles. The van der Waals surface area contributed by atoms with Crippen LogP contribution in [0.4, 0.5) is 0 Å². The highest BCUT2D eigenvalue weighted by molar-refractivity contribution is 7.41. The summed E-state index contributed by atoms with van der Waals surface area (Å²) in [5, 5.41) is 3.81. The highest BCUT2D eigenvalue weighted by Crippen LogP contribution is 2.40. The molecule has 0 fully saturated rings. The molecule has 114 valence electrons. The van der Waals surface area contributed by atoms with Crippen molar-refractivity contribution in [3.05, 3.63) is 17.0 Å². The molecule has 0 aliphatic heterocycles. The second-order valence-electron chi connectivity index (χ2n) is 3.61. The maximum atomic E-state index is 11.8. The summed E-state index contributed by atoms with van der Waals surface area (Å²) in [5.41, 5.74) is 0.683. The van der Waals surface area contributed by atoms with E-state index in [1.807, 2.05) is 13.8 Å². The Morgan fingerprint density at radius 2 is 1.80 bits per heavy atom. The number of aromatic nitrogens is 1. The summed E-state index contributed by atoms with van der Waals surface area (Å²) in [7, 11) is -1.45. The minimum Gasteiger partial charge on any atom is -0.462 e. The van der Waals surface area contributed by atoms with E-state index in [1.165, 1.54) is 0 Å². The summed E-state index contributed by atoms with van der Waals surface area (Å²) >= 11 is 0. The molecule has 8 heteroatoms. The van der Waals surface area contributed by atoms with Crippen LogP contribution in [0.2, 0.25) is 0 Å². The van der Waals surface area contributed by atoms with Crippen LogP contribution in [0.3, 0.4) is 0 Å². The molecule has 0 N–H and O–H groups in total. The van der Waals surface area contributed by atoms with E-state index in [0.717, 1.165) is 0 Å².